The molecule has 0 spiro atoms. The van der Waals surface area contributed by atoms with E-state index in [1.54, 1.807) is 0 Å². The lowest BCUT2D eigenvalue weighted by atomic mass is 10.5. The summed E-state index contributed by atoms with van der Waals surface area (Å²) in [7, 11) is -1.75. The molecule has 0 aliphatic heterocycles. The Morgan fingerprint density at radius 3 is 1.67 bits per heavy atom. The summed E-state index contributed by atoms with van der Waals surface area (Å²) in [4.78, 5) is 0. The zero-order valence-electron chi connectivity index (χ0n) is 8.55. The zero-order valence-corrected chi connectivity index (χ0v) is 11.1. The first kappa shape index (κ1) is 11.2. The maximum Gasteiger partial charge on any atom is 0.138 e. The third kappa shape index (κ3) is 1.89. The molecule has 2 aliphatic carbocycles. The van der Waals surface area contributed by atoms with Gasteiger partial charge in [0, 0.05) is 11.0 Å². The van der Waals surface area contributed by atoms with Gasteiger partial charge in [0.2, 0.25) is 0 Å². The molecule has 0 radical (unpaired) electrons. The lowest BCUT2D eigenvalue weighted by molar-refractivity contribution is 1.29. The van der Waals surface area contributed by atoms with Crippen molar-refractivity contribution in [2.45, 2.75) is 12.8 Å². The fourth-order valence-corrected chi connectivity index (χ4v) is 8.12. The number of allylic oxidation sites excluding steroid dienone is 8. The highest BCUT2D eigenvalue weighted by Gasteiger charge is 2.39. The highest BCUT2D eigenvalue weighted by molar-refractivity contribution is 7.00. The minimum absolute atomic E-state index is 0.706. The van der Waals surface area contributed by atoms with E-state index in [4.69, 9.17) is 23.2 Å². The Morgan fingerprint density at radius 1 is 0.933 bits per heavy atom. The first-order valence-corrected chi connectivity index (χ1v) is 8.66. The summed E-state index contributed by atoms with van der Waals surface area (Å²) in [5.41, 5.74) is 1.41. The summed E-state index contributed by atoms with van der Waals surface area (Å²) in [5.74, 6) is 0. The monoisotopic (exact) mass is 256 g/mol. The molecule has 0 N–H and O–H groups in total. The highest BCUT2D eigenvalue weighted by Crippen LogP contribution is 2.34. The minimum atomic E-state index is -1.75. The second kappa shape index (κ2) is 4.73. The molecule has 0 bridgehead atoms. The average Bonchev–Trinajstić information content (AvgIpc) is 2.92. The standard InChI is InChI=1S/C12H14Cl2Si/c13-9-15(10-14,11-5-1-2-6-11)12-7-3-4-8-12/h1-5,7H,6,8-10H2. The topological polar surface area (TPSA) is 0 Å². The van der Waals surface area contributed by atoms with Gasteiger partial charge < -0.3 is 0 Å². The van der Waals surface area contributed by atoms with Gasteiger partial charge in [0.1, 0.15) is 8.07 Å². The molecule has 0 atom stereocenters. The SMILES string of the molecule is ClC[Si](CCl)(C1=CC=CC1)C1=CC=CC1. The molecule has 0 unspecified atom stereocenters. The molecule has 15 heavy (non-hydrogen) atoms. The molecule has 0 saturated heterocycles. The van der Waals surface area contributed by atoms with Gasteiger partial charge in [0.15, 0.2) is 0 Å². The van der Waals surface area contributed by atoms with E-state index in [1.807, 2.05) is 0 Å². The number of rotatable bonds is 4. The van der Waals surface area contributed by atoms with Gasteiger partial charge in [-0.1, -0.05) is 46.8 Å². The molecule has 0 aromatic carbocycles. The molecule has 3 heteroatoms. The van der Waals surface area contributed by atoms with Crippen LogP contribution in [0, 0.1) is 0 Å². The Labute approximate surface area is 102 Å². The molecule has 80 valence electrons. The molecule has 0 amide bonds. The van der Waals surface area contributed by atoms with Crippen LogP contribution in [0.5, 0.6) is 0 Å². The van der Waals surface area contributed by atoms with Crippen molar-refractivity contribution in [1.29, 1.82) is 0 Å². The van der Waals surface area contributed by atoms with Crippen LogP contribution < -0.4 is 0 Å². The Bertz CT molecular complexity index is 328. The van der Waals surface area contributed by atoms with E-state index in [9.17, 15) is 0 Å². The van der Waals surface area contributed by atoms with E-state index in [2.05, 4.69) is 36.5 Å². The Morgan fingerprint density at radius 2 is 1.40 bits per heavy atom. The van der Waals surface area contributed by atoms with Crippen LogP contribution in [0.25, 0.3) is 0 Å². The Balaban J connectivity index is 2.31. The van der Waals surface area contributed by atoms with Crippen molar-refractivity contribution < 1.29 is 0 Å². The van der Waals surface area contributed by atoms with E-state index >= 15 is 0 Å². The van der Waals surface area contributed by atoms with Crippen LogP contribution >= 0.6 is 23.2 Å². The molecule has 0 fully saturated rings. The van der Waals surface area contributed by atoms with E-state index in [-0.39, 0.29) is 0 Å². The predicted molar refractivity (Wildman–Crippen MR) is 70.9 cm³/mol. The number of alkyl halides is 2. The fourth-order valence-electron chi connectivity index (χ4n) is 2.19. The third-order valence-corrected chi connectivity index (χ3v) is 10.1. The number of halogens is 2. The van der Waals surface area contributed by atoms with Crippen LogP contribution in [0.2, 0.25) is 0 Å². The lowest BCUT2D eigenvalue weighted by Crippen LogP contribution is -2.45. The molecule has 0 aromatic rings. The average molecular weight is 257 g/mol. The summed E-state index contributed by atoms with van der Waals surface area (Å²) in [6, 6.07) is 0. The maximum atomic E-state index is 6.22. The first-order chi connectivity index (χ1) is 7.33. The molecule has 0 heterocycles. The predicted octanol–water partition coefficient (Wildman–Crippen LogP) is 3.84. The van der Waals surface area contributed by atoms with Crippen LogP contribution in [-0.2, 0) is 0 Å². The number of hydrogen-bond acceptors (Lipinski definition) is 0. The summed E-state index contributed by atoms with van der Waals surface area (Å²) in [5, 5.41) is 2.98. The molecule has 2 rings (SSSR count). The Hall–Kier alpha value is -0.243. The van der Waals surface area contributed by atoms with Crippen LogP contribution in [0.1, 0.15) is 12.8 Å². The summed E-state index contributed by atoms with van der Waals surface area (Å²) >= 11 is 12.4. The van der Waals surface area contributed by atoms with Gasteiger partial charge >= 0.3 is 0 Å². The summed E-state index contributed by atoms with van der Waals surface area (Å²) < 4.78 is 0. The van der Waals surface area contributed by atoms with Crippen LogP contribution in [-0.4, -0.2) is 19.1 Å². The van der Waals surface area contributed by atoms with Crippen LogP contribution in [0.4, 0.5) is 0 Å². The zero-order chi connectivity index (χ0) is 10.7. The second-order valence-corrected chi connectivity index (χ2v) is 9.58. The van der Waals surface area contributed by atoms with Gasteiger partial charge in [-0.15, -0.1) is 23.2 Å². The first-order valence-electron chi connectivity index (χ1n) is 5.18. The van der Waals surface area contributed by atoms with Crippen molar-refractivity contribution in [3.63, 3.8) is 0 Å². The van der Waals surface area contributed by atoms with Gasteiger partial charge in [0.05, 0.1) is 0 Å². The van der Waals surface area contributed by atoms with Gasteiger partial charge in [-0.25, -0.2) is 0 Å². The van der Waals surface area contributed by atoms with Gasteiger partial charge in [-0.2, -0.15) is 0 Å². The quantitative estimate of drug-likeness (QED) is 0.530. The second-order valence-electron chi connectivity index (χ2n) is 4.00. The minimum Gasteiger partial charge on any atom is -0.129 e. The molecule has 0 saturated carbocycles. The van der Waals surface area contributed by atoms with Crippen molar-refractivity contribution in [3.05, 3.63) is 46.8 Å². The van der Waals surface area contributed by atoms with E-state index in [0.29, 0.717) is 11.0 Å². The molecular weight excluding hydrogens is 243 g/mol. The molecular formula is C12H14Cl2Si. The van der Waals surface area contributed by atoms with Crippen molar-refractivity contribution in [2.24, 2.45) is 0 Å². The smallest absolute Gasteiger partial charge is 0.129 e. The normalized spacial score (nSPS) is 19.6. The van der Waals surface area contributed by atoms with E-state index in [0.717, 1.165) is 12.8 Å². The van der Waals surface area contributed by atoms with E-state index < -0.39 is 8.07 Å². The molecule has 2 aliphatic rings. The van der Waals surface area contributed by atoms with Gasteiger partial charge in [0.25, 0.3) is 0 Å². The number of hydrogen-bond donors (Lipinski definition) is 0. The third-order valence-electron chi connectivity index (χ3n) is 3.23. The van der Waals surface area contributed by atoms with Gasteiger partial charge in [-0.3, -0.25) is 0 Å². The van der Waals surface area contributed by atoms with Crippen LogP contribution in [0.3, 0.4) is 0 Å². The fraction of sp³-hybridized carbons (Fsp3) is 0.333. The molecule has 0 aromatic heterocycles. The van der Waals surface area contributed by atoms with E-state index in [1.165, 1.54) is 10.4 Å². The highest BCUT2D eigenvalue weighted by atomic mass is 35.5. The van der Waals surface area contributed by atoms with Gasteiger partial charge in [-0.05, 0) is 12.8 Å². The largest absolute Gasteiger partial charge is 0.138 e. The lowest BCUT2D eigenvalue weighted by Gasteiger charge is -2.30. The summed E-state index contributed by atoms with van der Waals surface area (Å²) in [6.07, 6.45) is 15.2. The van der Waals surface area contributed by atoms with Crippen LogP contribution in [0.15, 0.2) is 46.8 Å². The Kier molecular flexibility index (Phi) is 3.55. The summed E-state index contributed by atoms with van der Waals surface area (Å²) in [6.45, 7) is 0. The van der Waals surface area contributed by atoms with Crippen molar-refractivity contribution >= 4 is 31.3 Å². The van der Waals surface area contributed by atoms with Crippen molar-refractivity contribution in [2.75, 3.05) is 11.0 Å². The van der Waals surface area contributed by atoms with Crippen molar-refractivity contribution in [1.82, 2.24) is 0 Å². The maximum absolute atomic E-state index is 6.22. The molecule has 0 nitrogen and oxygen atoms in total. The van der Waals surface area contributed by atoms with Crippen molar-refractivity contribution in [3.8, 4) is 0 Å².